The maximum absolute atomic E-state index is 6.04. The Morgan fingerprint density at radius 1 is 0.385 bits per heavy atom. The minimum Gasteiger partial charge on any atom is -0.369 e. The van der Waals surface area contributed by atoms with Crippen molar-refractivity contribution in [1.29, 1.82) is 0 Å². The summed E-state index contributed by atoms with van der Waals surface area (Å²) in [4.78, 5) is 0. The molecule has 0 radical (unpaired) electrons. The van der Waals surface area contributed by atoms with Crippen molar-refractivity contribution in [3.8, 4) is 0 Å². The third-order valence-corrected chi connectivity index (χ3v) is 5.38. The normalized spacial score (nSPS) is 88.6. The smallest absolute Gasteiger partial charge is 0.0924 e. The molecule has 68 valence electrons. The second-order valence-electron chi connectivity index (χ2n) is 5.51. The average molecular weight is 178 g/mol. The highest BCUT2D eigenvalue weighted by molar-refractivity contribution is 5.31. The van der Waals surface area contributed by atoms with Crippen molar-refractivity contribution in [2.45, 2.75) is 36.6 Å². The number of hydrogen-bond acceptors (Lipinski definition) is 3. The van der Waals surface area contributed by atoms with Gasteiger partial charge in [0.2, 0.25) is 0 Å². The zero-order valence-corrected chi connectivity index (χ0v) is 7.00. The first-order chi connectivity index (χ1) is 6.45. The SMILES string of the molecule is O1[C@@H]2C3C4C3[C@H]3O[C@@H]2C2[C@@H]1[C@@H]4O[C@H]23. The molecule has 13 heavy (non-hydrogen) atoms. The molecular formula is C10H10O3. The Bertz CT molecular complexity index is 285. The van der Waals surface area contributed by atoms with Crippen molar-refractivity contribution in [3.63, 3.8) is 0 Å². The fourth-order valence-electron chi connectivity index (χ4n) is 5.13. The van der Waals surface area contributed by atoms with Crippen LogP contribution in [0, 0.1) is 23.7 Å². The van der Waals surface area contributed by atoms with Crippen molar-refractivity contribution in [2.75, 3.05) is 0 Å². The molecule has 7 fully saturated rings. The molecule has 3 heteroatoms. The molecular weight excluding hydrogens is 168 g/mol. The largest absolute Gasteiger partial charge is 0.369 e. The van der Waals surface area contributed by atoms with Crippen LogP contribution >= 0.6 is 0 Å². The second kappa shape index (κ2) is 1.30. The van der Waals surface area contributed by atoms with E-state index in [1.54, 1.807) is 0 Å². The van der Waals surface area contributed by atoms with Crippen LogP contribution in [0.1, 0.15) is 0 Å². The predicted molar refractivity (Wildman–Crippen MR) is 39.9 cm³/mol. The monoisotopic (exact) mass is 178 g/mol. The molecule has 0 aromatic rings. The van der Waals surface area contributed by atoms with E-state index in [2.05, 4.69) is 0 Å². The van der Waals surface area contributed by atoms with Gasteiger partial charge in [-0.15, -0.1) is 0 Å². The van der Waals surface area contributed by atoms with Crippen LogP contribution in [-0.4, -0.2) is 36.6 Å². The fraction of sp³-hybridized carbons (Fsp3) is 1.00. The minimum absolute atomic E-state index is 0.416. The summed E-state index contributed by atoms with van der Waals surface area (Å²) in [5, 5.41) is 0. The molecule has 7 aliphatic rings. The van der Waals surface area contributed by atoms with Gasteiger partial charge >= 0.3 is 0 Å². The number of rotatable bonds is 0. The minimum atomic E-state index is 0.416. The molecule has 3 saturated heterocycles. The van der Waals surface area contributed by atoms with Gasteiger partial charge in [0.25, 0.3) is 0 Å². The maximum atomic E-state index is 6.04. The summed E-state index contributed by atoms with van der Waals surface area (Å²) in [6, 6.07) is 0. The lowest BCUT2D eigenvalue weighted by Crippen LogP contribution is -2.34. The van der Waals surface area contributed by atoms with E-state index in [0.29, 0.717) is 42.5 Å². The van der Waals surface area contributed by atoms with Crippen LogP contribution in [0.2, 0.25) is 0 Å². The molecule has 3 nitrogen and oxygen atoms in total. The van der Waals surface area contributed by atoms with E-state index in [1.807, 2.05) is 0 Å². The number of hydrogen-bond donors (Lipinski definition) is 0. The Kier molecular flexibility index (Phi) is 0.569. The quantitative estimate of drug-likeness (QED) is 0.514. The molecule has 0 N–H and O–H groups in total. The summed E-state index contributed by atoms with van der Waals surface area (Å²) in [6.07, 6.45) is 2.64. The summed E-state index contributed by atoms with van der Waals surface area (Å²) in [7, 11) is 0. The van der Waals surface area contributed by atoms with Gasteiger partial charge in [-0.1, -0.05) is 0 Å². The first kappa shape index (κ1) is 5.69. The lowest BCUT2D eigenvalue weighted by atomic mass is 9.96. The van der Waals surface area contributed by atoms with Crippen molar-refractivity contribution in [2.24, 2.45) is 23.7 Å². The Morgan fingerprint density at radius 2 is 0.692 bits per heavy atom. The van der Waals surface area contributed by atoms with Crippen LogP contribution in [0.25, 0.3) is 0 Å². The van der Waals surface area contributed by atoms with E-state index in [-0.39, 0.29) is 0 Å². The standard InChI is InChI=1S/C10H10O3/c11-5-1-2-3(1)7-10-4(8(5)12-7)9(11)6(2)13-10/h1-10H/t1?,2?,3?,4?,5-,6-,7-,8-,9-,10-/m1/s1. The van der Waals surface area contributed by atoms with Gasteiger partial charge in [-0.05, 0) is 17.8 Å². The Labute approximate surface area is 75.3 Å². The van der Waals surface area contributed by atoms with Crippen LogP contribution in [0.4, 0.5) is 0 Å². The van der Waals surface area contributed by atoms with E-state index in [1.165, 1.54) is 0 Å². The molecule has 3 heterocycles. The third kappa shape index (κ3) is 0.346. The van der Waals surface area contributed by atoms with Gasteiger partial charge in [-0.25, -0.2) is 0 Å². The molecule has 6 atom stereocenters. The zero-order valence-electron chi connectivity index (χ0n) is 7.00. The molecule has 0 spiro atoms. The Balaban J connectivity index is 1.78. The molecule has 4 aliphatic carbocycles. The number of ether oxygens (including phenoxy) is 3. The highest BCUT2D eigenvalue weighted by Crippen LogP contribution is 2.75. The first-order valence-electron chi connectivity index (χ1n) is 5.41. The van der Waals surface area contributed by atoms with E-state index < -0.39 is 0 Å². The first-order valence-corrected chi connectivity index (χ1v) is 5.41. The van der Waals surface area contributed by atoms with Crippen LogP contribution < -0.4 is 0 Å². The molecule has 0 amide bonds. The lowest BCUT2D eigenvalue weighted by Gasteiger charge is -2.25. The Morgan fingerprint density at radius 3 is 1.08 bits per heavy atom. The fourth-order valence-corrected chi connectivity index (χ4v) is 5.13. The molecule has 10 bridgehead atoms. The van der Waals surface area contributed by atoms with Crippen molar-refractivity contribution >= 4 is 0 Å². The van der Waals surface area contributed by atoms with E-state index in [0.717, 1.165) is 17.8 Å². The van der Waals surface area contributed by atoms with Gasteiger partial charge in [0.15, 0.2) is 0 Å². The van der Waals surface area contributed by atoms with Crippen molar-refractivity contribution in [3.05, 3.63) is 0 Å². The maximum Gasteiger partial charge on any atom is 0.0924 e. The van der Waals surface area contributed by atoms with Crippen LogP contribution in [-0.2, 0) is 14.2 Å². The van der Waals surface area contributed by atoms with Crippen LogP contribution in [0.5, 0.6) is 0 Å². The molecule has 3 aliphatic heterocycles. The average Bonchev–Trinajstić information content (AvgIpc) is 2.63. The van der Waals surface area contributed by atoms with Gasteiger partial charge in [0.05, 0.1) is 36.6 Å². The van der Waals surface area contributed by atoms with Crippen LogP contribution in [0.15, 0.2) is 0 Å². The molecule has 7 rings (SSSR count). The van der Waals surface area contributed by atoms with Crippen molar-refractivity contribution in [1.82, 2.24) is 0 Å². The van der Waals surface area contributed by atoms with Crippen LogP contribution in [0.3, 0.4) is 0 Å². The summed E-state index contributed by atoms with van der Waals surface area (Å²) < 4.78 is 18.1. The van der Waals surface area contributed by atoms with Gasteiger partial charge in [0, 0.05) is 5.92 Å². The van der Waals surface area contributed by atoms with Gasteiger partial charge in [-0.3, -0.25) is 0 Å². The highest BCUT2D eigenvalue weighted by atomic mass is 16.6. The van der Waals surface area contributed by atoms with E-state index in [9.17, 15) is 0 Å². The van der Waals surface area contributed by atoms with Gasteiger partial charge in [0.1, 0.15) is 0 Å². The predicted octanol–water partition coefficient (Wildman–Crippen LogP) is -0.206. The molecule has 0 aromatic heterocycles. The summed E-state index contributed by atoms with van der Waals surface area (Å²) in [5.41, 5.74) is 0. The summed E-state index contributed by atoms with van der Waals surface area (Å²) >= 11 is 0. The summed E-state index contributed by atoms with van der Waals surface area (Å²) in [5.74, 6) is 3.08. The highest BCUT2D eigenvalue weighted by Gasteiger charge is 2.85. The second-order valence-corrected chi connectivity index (χ2v) is 5.51. The van der Waals surface area contributed by atoms with Gasteiger partial charge < -0.3 is 14.2 Å². The molecule has 0 unspecified atom stereocenters. The topological polar surface area (TPSA) is 27.7 Å². The molecule has 0 aromatic carbocycles. The third-order valence-electron chi connectivity index (χ3n) is 5.38. The van der Waals surface area contributed by atoms with E-state index >= 15 is 0 Å². The zero-order chi connectivity index (χ0) is 7.89. The van der Waals surface area contributed by atoms with Gasteiger partial charge in [-0.2, -0.15) is 0 Å². The Hall–Kier alpha value is -0.120. The lowest BCUT2D eigenvalue weighted by molar-refractivity contribution is -0.0877. The molecule has 4 saturated carbocycles. The summed E-state index contributed by atoms with van der Waals surface area (Å²) in [6.45, 7) is 0. The van der Waals surface area contributed by atoms with Crippen molar-refractivity contribution < 1.29 is 14.2 Å². The van der Waals surface area contributed by atoms with E-state index in [4.69, 9.17) is 14.2 Å².